The Kier molecular flexibility index (Phi) is 7.94. The minimum Gasteiger partial charge on any atom is -0.489 e. The number of nitrogens with one attached hydrogen (secondary N) is 1. The number of thiazole rings is 1. The predicted molar refractivity (Wildman–Crippen MR) is 141 cm³/mol. The summed E-state index contributed by atoms with van der Waals surface area (Å²) in [6, 6.07) is 25.0. The first-order valence-corrected chi connectivity index (χ1v) is 12.1. The highest BCUT2D eigenvalue weighted by Gasteiger charge is 2.13. The van der Waals surface area contributed by atoms with Crippen LogP contribution in [0.1, 0.15) is 27.1 Å². The second-order valence-corrected chi connectivity index (χ2v) is 9.38. The molecule has 0 saturated carbocycles. The fraction of sp³-hybridized carbons (Fsp3) is 0.107. The Morgan fingerprint density at radius 3 is 2.60 bits per heavy atom. The molecule has 1 amide bonds. The van der Waals surface area contributed by atoms with Crippen LogP contribution in [0.5, 0.6) is 5.75 Å². The first kappa shape index (κ1) is 24.2. The van der Waals surface area contributed by atoms with Crippen molar-refractivity contribution in [2.45, 2.75) is 20.0 Å². The number of anilines is 1. The van der Waals surface area contributed by atoms with Crippen molar-refractivity contribution in [3.63, 3.8) is 0 Å². The molecule has 0 aliphatic carbocycles. The van der Waals surface area contributed by atoms with Gasteiger partial charge < -0.3 is 4.74 Å². The number of aromatic nitrogens is 1. The Labute approximate surface area is 213 Å². The molecule has 0 aliphatic heterocycles. The standard InChI is InChI=1S/C28H22ClN3O2S/c1-19-7-8-22(15-26(19)29)14-25-17-31-28(35-25)32-27(33)23(16-30)13-20-9-11-24(12-10-20)34-18-21-5-3-2-4-6-21/h2-13,15,17H,14,18H2,1H3,(H,31,32,33)/b23-13+. The summed E-state index contributed by atoms with van der Waals surface area (Å²) in [5.74, 6) is 0.204. The number of hydrogen-bond donors (Lipinski definition) is 1. The number of nitrogens with zero attached hydrogens (tertiary/aromatic N) is 2. The Bertz CT molecular complexity index is 1390. The average molecular weight is 500 g/mol. The molecular weight excluding hydrogens is 478 g/mol. The van der Waals surface area contributed by atoms with Crippen LogP contribution in [0.2, 0.25) is 5.02 Å². The first-order chi connectivity index (χ1) is 17.0. The van der Waals surface area contributed by atoms with E-state index in [9.17, 15) is 10.1 Å². The summed E-state index contributed by atoms with van der Waals surface area (Å²) in [5.41, 5.74) is 3.88. The average Bonchev–Trinajstić information content (AvgIpc) is 3.31. The molecule has 3 aromatic carbocycles. The molecule has 1 N–H and O–H groups in total. The van der Waals surface area contributed by atoms with Crippen LogP contribution in [0, 0.1) is 18.3 Å². The van der Waals surface area contributed by atoms with E-state index in [1.807, 2.05) is 73.7 Å². The van der Waals surface area contributed by atoms with Crippen LogP contribution in [0.4, 0.5) is 5.13 Å². The van der Waals surface area contributed by atoms with Gasteiger partial charge in [0.1, 0.15) is 24.0 Å². The summed E-state index contributed by atoms with van der Waals surface area (Å²) in [6.07, 6.45) is 3.92. The molecule has 0 radical (unpaired) electrons. The largest absolute Gasteiger partial charge is 0.489 e. The lowest BCUT2D eigenvalue weighted by molar-refractivity contribution is -0.112. The van der Waals surface area contributed by atoms with Crippen LogP contribution < -0.4 is 10.1 Å². The number of amides is 1. The molecule has 4 rings (SSSR count). The van der Waals surface area contributed by atoms with Gasteiger partial charge in [0.15, 0.2) is 5.13 Å². The number of benzene rings is 3. The molecule has 5 nitrogen and oxygen atoms in total. The van der Waals surface area contributed by atoms with Gasteiger partial charge in [-0.05, 0) is 53.5 Å². The maximum Gasteiger partial charge on any atom is 0.268 e. The van der Waals surface area contributed by atoms with Gasteiger partial charge in [0.25, 0.3) is 5.91 Å². The van der Waals surface area contributed by atoms with E-state index in [4.69, 9.17) is 16.3 Å². The molecule has 0 aliphatic rings. The van der Waals surface area contributed by atoms with Gasteiger partial charge in [0, 0.05) is 22.5 Å². The second-order valence-electron chi connectivity index (χ2n) is 7.86. The second kappa shape index (κ2) is 11.5. The Balaban J connectivity index is 1.36. The molecule has 0 atom stereocenters. The highest BCUT2D eigenvalue weighted by Crippen LogP contribution is 2.24. The molecule has 0 bridgehead atoms. The van der Waals surface area contributed by atoms with Gasteiger partial charge in [-0.2, -0.15) is 5.26 Å². The van der Waals surface area contributed by atoms with E-state index in [0.717, 1.165) is 32.2 Å². The van der Waals surface area contributed by atoms with Crippen molar-refractivity contribution in [3.8, 4) is 11.8 Å². The van der Waals surface area contributed by atoms with Crippen LogP contribution in [0.15, 0.2) is 84.6 Å². The number of nitriles is 1. The first-order valence-electron chi connectivity index (χ1n) is 10.9. The Morgan fingerprint density at radius 1 is 1.11 bits per heavy atom. The molecule has 35 heavy (non-hydrogen) atoms. The monoisotopic (exact) mass is 499 g/mol. The van der Waals surface area contributed by atoms with E-state index in [2.05, 4.69) is 10.3 Å². The predicted octanol–water partition coefficient (Wildman–Crippen LogP) is 6.82. The van der Waals surface area contributed by atoms with Crippen LogP contribution in [0.25, 0.3) is 6.08 Å². The van der Waals surface area contributed by atoms with E-state index in [-0.39, 0.29) is 5.57 Å². The van der Waals surface area contributed by atoms with Gasteiger partial charge in [-0.1, -0.05) is 66.2 Å². The third kappa shape index (κ3) is 6.80. The van der Waals surface area contributed by atoms with Crippen LogP contribution in [0.3, 0.4) is 0 Å². The number of ether oxygens (including phenoxy) is 1. The van der Waals surface area contributed by atoms with E-state index in [0.29, 0.717) is 23.9 Å². The maximum absolute atomic E-state index is 12.6. The fourth-order valence-electron chi connectivity index (χ4n) is 3.28. The molecule has 1 aromatic heterocycles. The number of halogens is 1. The van der Waals surface area contributed by atoms with E-state index >= 15 is 0 Å². The van der Waals surface area contributed by atoms with Crippen LogP contribution >= 0.6 is 22.9 Å². The van der Waals surface area contributed by atoms with E-state index in [1.165, 1.54) is 11.3 Å². The van der Waals surface area contributed by atoms with Crippen LogP contribution in [-0.4, -0.2) is 10.9 Å². The van der Waals surface area contributed by atoms with Gasteiger partial charge in [-0.15, -0.1) is 11.3 Å². The zero-order chi connectivity index (χ0) is 24.6. The number of carbonyl (C=O) groups is 1. The molecule has 0 fully saturated rings. The van der Waals surface area contributed by atoms with Crippen molar-refractivity contribution in [2.75, 3.05) is 5.32 Å². The summed E-state index contributed by atoms with van der Waals surface area (Å²) >= 11 is 7.57. The third-order valence-electron chi connectivity index (χ3n) is 5.19. The minimum atomic E-state index is -0.504. The summed E-state index contributed by atoms with van der Waals surface area (Å²) in [7, 11) is 0. The molecule has 0 spiro atoms. The highest BCUT2D eigenvalue weighted by atomic mass is 35.5. The molecule has 0 saturated heterocycles. The molecule has 7 heteroatoms. The summed E-state index contributed by atoms with van der Waals surface area (Å²) in [6.45, 7) is 2.43. The molecule has 1 heterocycles. The molecular formula is C28H22ClN3O2S. The van der Waals surface area contributed by atoms with Crippen molar-refractivity contribution < 1.29 is 9.53 Å². The van der Waals surface area contributed by atoms with Gasteiger partial charge in [0.05, 0.1) is 0 Å². The Morgan fingerprint density at radius 2 is 1.89 bits per heavy atom. The van der Waals surface area contributed by atoms with Gasteiger partial charge in [-0.25, -0.2) is 4.98 Å². The molecule has 174 valence electrons. The zero-order valence-corrected chi connectivity index (χ0v) is 20.6. The lowest BCUT2D eigenvalue weighted by Gasteiger charge is -2.06. The minimum absolute atomic E-state index is 0.00924. The molecule has 0 unspecified atom stereocenters. The van der Waals surface area contributed by atoms with E-state index in [1.54, 1.807) is 24.4 Å². The molecule has 4 aromatic rings. The lowest BCUT2D eigenvalue weighted by Crippen LogP contribution is -2.13. The SMILES string of the molecule is Cc1ccc(Cc2cnc(NC(=O)/C(C#N)=C/c3ccc(OCc4ccccc4)cc3)s2)cc1Cl. The van der Waals surface area contributed by atoms with Gasteiger partial charge in [-0.3, -0.25) is 10.1 Å². The number of rotatable bonds is 8. The van der Waals surface area contributed by atoms with Crippen molar-refractivity contribution in [1.29, 1.82) is 5.26 Å². The maximum atomic E-state index is 12.6. The normalized spacial score (nSPS) is 11.1. The topological polar surface area (TPSA) is 75.0 Å². The van der Waals surface area contributed by atoms with Crippen molar-refractivity contribution in [1.82, 2.24) is 4.98 Å². The zero-order valence-electron chi connectivity index (χ0n) is 19.0. The number of hydrogen-bond acceptors (Lipinski definition) is 5. The Hall–Kier alpha value is -3.92. The van der Waals surface area contributed by atoms with Crippen LogP contribution in [-0.2, 0) is 17.8 Å². The highest BCUT2D eigenvalue weighted by molar-refractivity contribution is 7.15. The number of carbonyl (C=O) groups excluding carboxylic acids is 1. The number of aryl methyl sites for hydroxylation is 1. The summed E-state index contributed by atoms with van der Waals surface area (Å²) in [5, 5.41) is 13.4. The quantitative estimate of drug-likeness (QED) is 0.213. The smallest absolute Gasteiger partial charge is 0.268 e. The lowest BCUT2D eigenvalue weighted by atomic mass is 10.1. The van der Waals surface area contributed by atoms with Crippen molar-refractivity contribution in [3.05, 3.63) is 117 Å². The van der Waals surface area contributed by atoms with Crippen molar-refractivity contribution in [2.24, 2.45) is 0 Å². The summed E-state index contributed by atoms with van der Waals surface area (Å²) in [4.78, 5) is 17.9. The third-order valence-corrected chi connectivity index (χ3v) is 6.51. The van der Waals surface area contributed by atoms with Gasteiger partial charge in [0.2, 0.25) is 0 Å². The van der Waals surface area contributed by atoms with Gasteiger partial charge >= 0.3 is 0 Å². The van der Waals surface area contributed by atoms with Crippen molar-refractivity contribution >= 4 is 40.1 Å². The fourth-order valence-corrected chi connectivity index (χ4v) is 4.32. The van der Waals surface area contributed by atoms with E-state index < -0.39 is 5.91 Å². The summed E-state index contributed by atoms with van der Waals surface area (Å²) < 4.78 is 5.78.